The zero-order valence-electron chi connectivity index (χ0n) is 22.0. The molecule has 0 radical (unpaired) electrons. The number of aromatic nitrogens is 1. The number of ether oxygens (including phenoxy) is 2. The second kappa shape index (κ2) is 10.9. The first kappa shape index (κ1) is 28.2. The van der Waals surface area contributed by atoms with E-state index in [1.165, 1.54) is 55.1 Å². The molecule has 1 N–H and O–H groups in total. The first-order chi connectivity index (χ1) is 17.3. The Balaban J connectivity index is 2.15. The summed E-state index contributed by atoms with van der Waals surface area (Å²) in [4.78, 5) is 44.9. The number of hydrogen-bond donors (Lipinski definition) is 1. The van der Waals surface area contributed by atoms with E-state index in [4.69, 9.17) is 21.1 Å². The van der Waals surface area contributed by atoms with Crippen molar-refractivity contribution in [3.05, 3.63) is 46.4 Å². The standard InChI is InChI=1S/C26H32ClFN4O5/c1-14-23(32(15(2)33)9-8-31(14)25(35)37-26(3,4)5)19-13-17(27)12-18(22(19)28)16-10-20(24(34)29-6)30-21(11-16)36-7/h10-14,23H,8-9H2,1-7H3,(H,29,34). The molecule has 2 aromatic rings. The lowest BCUT2D eigenvalue weighted by Gasteiger charge is -2.46. The minimum Gasteiger partial charge on any atom is -0.481 e. The van der Waals surface area contributed by atoms with Crippen LogP contribution in [0.25, 0.3) is 11.1 Å². The number of benzene rings is 1. The minimum atomic E-state index is -0.835. The Hall–Kier alpha value is -3.40. The van der Waals surface area contributed by atoms with Gasteiger partial charge in [-0.1, -0.05) is 11.6 Å². The molecule has 2 heterocycles. The molecule has 1 fully saturated rings. The quantitative estimate of drug-likeness (QED) is 0.622. The molecule has 3 amide bonds. The Morgan fingerprint density at radius 1 is 1.14 bits per heavy atom. The third-order valence-electron chi connectivity index (χ3n) is 6.06. The number of methoxy groups -OCH3 is 1. The Morgan fingerprint density at radius 3 is 2.35 bits per heavy atom. The smallest absolute Gasteiger partial charge is 0.410 e. The molecule has 3 rings (SSSR count). The maximum Gasteiger partial charge on any atom is 0.410 e. The lowest BCUT2D eigenvalue weighted by atomic mass is 9.91. The minimum absolute atomic E-state index is 0.0327. The molecule has 2 atom stereocenters. The summed E-state index contributed by atoms with van der Waals surface area (Å²) in [5.41, 5.74) is -0.144. The highest BCUT2D eigenvalue weighted by Crippen LogP contribution is 2.39. The number of nitrogens with one attached hydrogen (secondary N) is 1. The van der Waals surface area contributed by atoms with E-state index >= 15 is 4.39 Å². The number of carbonyl (C=O) groups excluding carboxylic acids is 3. The number of carbonyl (C=O) groups is 3. The van der Waals surface area contributed by atoms with Crippen molar-refractivity contribution in [2.45, 2.75) is 52.3 Å². The zero-order chi connectivity index (χ0) is 27.7. The van der Waals surface area contributed by atoms with E-state index < -0.39 is 35.5 Å². The van der Waals surface area contributed by atoms with Gasteiger partial charge in [0.25, 0.3) is 5.91 Å². The molecule has 1 aliphatic rings. The first-order valence-corrected chi connectivity index (χ1v) is 12.2. The highest BCUT2D eigenvalue weighted by atomic mass is 35.5. The van der Waals surface area contributed by atoms with Crippen LogP contribution in [-0.2, 0) is 9.53 Å². The third-order valence-corrected chi connectivity index (χ3v) is 6.28. The van der Waals surface area contributed by atoms with Gasteiger partial charge in [0.15, 0.2) is 0 Å². The van der Waals surface area contributed by atoms with Crippen molar-refractivity contribution in [2.75, 3.05) is 27.2 Å². The van der Waals surface area contributed by atoms with Crippen molar-refractivity contribution in [1.82, 2.24) is 20.1 Å². The largest absolute Gasteiger partial charge is 0.481 e. The molecule has 1 aromatic carbocycles. The number of halogens is 2. The predicted molar refractivity (Wildman–Crippen MR) is 137 cm³/mol. The number of hydrogen-bond acceptors (Lipinski definition) is 6. The Bertz CT molecular complexity index is 1220. The van der Waals surface area contributed by atoms with E-state index in [-0.39, 0.29) is 46.7 Å². The molecule has 1 saturated heterocycles. The topological polar surface area (TPSA) is 101 Å². The summed E-state index contributed by atoms with van der Waals surface area (Å²) < 4.78 is 27.1. The lowest BCUT2D eigenvalue weighted by Crippen LogP contribution is -2.57. The highest BCUT2D eigenvalue weighted by Gasteiger charge is 2.41. The van der Waals surface area contributed by atoms with Crippen LogP contribution in [0.1, 0.15) is 56.7 Å². The summed E-state index contributed by atoms with van der Waals surface area (Å²) in [5, 5.41) is 2.70. The van der Waals surface area contributed by atoms with Gasteiger partial charge >= 0.3 is 6.09 Å². The van der Waals surface area contributed by atoms with E-state index in [2.05, 4.69) is 10.3 Å². The van der Waals surface area contributed by atoms with E-state index in [0.29, 0.717) is 5.56 Å². The van der Waals surface area contributed by atoms with Crippen molar-refractivity contribution in [1.29, 1.82) is 0 Å². The number of nitrogens with zero attached hydrogens (tertiary/aromatic N) is 3. The molecule has 9 nitrogen and oxygen atoms in total. The molecule has 0 spiro atoms. The molecule has 200 valence electrons. The molecule has 0 bridgehead atoms. The van der Waals surface area contributed by atoms with Crippen LogP contribution in [0.5, 0.6) is 5.88 Å². The number of piperazine rings is 1. The molecule has 0 saturated carbocycles. The molecule has 0 aliphatic carbocycles. The number of amides is 3. The van der Waals surface area contributed by atoms with Gasteiger partial charge in [-0.15, -0.1) is 0 Å². The highest BCUT2D eigenvalue weighted by molar-refractivity contribution is 6.31. The Kier molecular flexibility index (Phi) is 8.32. The summed E-state index contributed by atoms with van der Waals surface area (Å²) in [6, 6.07) is 4.35. The fourth-order valence-corrected chi connectivity index (χ4v) is 4.62. The molecule has 37 heavy (non-hydrogen) atoms. The van der Waals surface area contributed by atoms with E-state index in [0.717, 1.165) is 0 Å². The zero-order valence-corrected chi connectivity index (χ0v) is 22.8. The predicted octanol–water partition coefficient (Wildman–Crippen LogP) is 4.44. The van der Waals surface area contributed by atoms with Crippen LogP contribution in [0.4, 0.5) is 9.18 Å². The lowest BCUT2D eigenvalue weighted by molar-refractivity contribution is -0.136. The Morgan fingerprint density at radius 2 is 1.78 bits per heavy atom. The van der Waals surface area contributed by atoms with Crippen LogP contribution in [0.15, 0.2) is 24.3 Å². The summed E-state index contributed by atoms with van der Waals surface area (Å²) >= 11 is 6.45. The van der Waals surface area contributed by atoms with Crippen LogP contribution >= 0.6 is 11.6 Å². The van der Waals surface area contributed by atoms with Gasteiger partial charge in [0.2, 0.25) is 11.8 Å². The van der Waals surface area contributed by atoms with Crippen molar-refractivity contribution in [2.24, 2.45) is 0 Å². The molecule has 11 heteroatoms. The summed E-state index contributed by atoms with van der Waals surface area (Å²) in [5.74, 6) is -1.27. The SMILES string of the molecule is CNC(=O)c1cc(-c2cc(Cl)cc(C3C(C)N(C(=O)OC(C)(C)C)CCN3C(C)=O)c2F)cc(OC)n1. The first-order valence-electron chi connectivity index (χ1n) is 11.8. The summed E-state index contributed by atoms with van der Waals surface area (Å²) in [6.45, 7) is 8.85. The fourth-order valence-electron chi connectivity index (χ4n) is 4.39. The van der Waals surface area contributed by atoms with Gasteiger partial charge in [-0.2, -0.15) is 0 Å². The van der Waals surface area contributed by atoms with E-state index in [1.807, 2.05) is 0 Å². The van der Waals surface area contributed by atoms with Crippen molar-refractivity contribution in [3.8, 4) is 17.0 Å². The van der Waals surface area contributed by atoms with Gasteiger partial charge in [-0.25, -0.2) is 14.2 Å². The maximum atomic E-state index is 16.3. The van der Waals surface area contributed by atoms with Crippen LogP contribution in [0.3, 0.4) is 0 Å². The van der Waals surface area contributed by atoms with Crippen LogP contribution < -0.4 is 10.1 Å². The van der Waals surface area contributed by atoms with Crippen molar-refractivity contribution in [3.63, 3.8) is 0 Å². The van der Waals surface area contributed by atoms with Gasteiger partial charge < -0.3 is 24.6 Å². The summed E-state index contributed by atoms with van der Waals surface area (Å²) in [7, 11) is 2.84. The monoisotopic (exact) mass is 534 g/mol. The van der Waals surface area contributed by atoms with Gasteiger partial charge in [0, 0.05) is 49.3 Å². The molecule has 1 aliphatic heterocycles. The van der Waals surface area contributed by atoms with Crippen LogP contribution in [0, 0.1) is 5.82 Å². The average molecular weight is 535 g/mol. The van der Waals surface area contributed by atoms with Crippen LogP contribution in [-0.4, -0.2) is 71.6 Å². The van der Waals surface area contributed by atoms with Gasteiger partial charge in [0.05, 0.1) is 19.2 Å². The second-order valence-electron chi connectivity index (χ2n) is 9.79. The summed E-state index contributed by atoms with van der Waals surface area (Å²) in [6.07, 6.45) is -0.551. The van der Waals surface area contributed by atoms with Gasteiger partial charge in [-0.3, -0.25) is 9.59 Å². The van der Waals surface area contributed by atoms with Crippen molar-refractivity contribution >= 4 is 29.5 Å². The Labute approximate surface area is 220 Å². The van der Waals surface area contributed by atoms with Crippen molar-refractivity contribution < 1.29 is 28.2 Å². The third kappa shape index (κ3) is 6.12. The molecular formula is C26H32ClFN4O5. The fraction of sp³-hybridized carbons (Fsp3) is 0.462. The average Bonchev–Trinajstić information content (AvgIpc) is 2.82. The maximum absolute atomic E-state index is 16.3. The van der Waals surface area contributed by atoms with E-state index in [1.54, 1.807) is 27.7 Å². The normalized spacial score (nSPS) is 17.9. The molecule has 2 unspecified atom stereocenters. The van der Waals surface area contributed by atoms with E-state index in [9.17, 15) is 14.4 Å². The molecule has 1 aromatic heterocycles. The molecular weight excluding hydrogens is 503 g/mol. The van der Waals surface area contributed by atoms with Gasteiger partial charge in [-0.05, 0) is 51.5 Å². The van der Waals surface area contributed by atoms with Gasteiger partial charge in [0.1, 0.15) is 17.1 Å². The second-order valence-corrected chi connectivity index (χ2v) is 10.2. The number of rotatable bonds is 4. The number of pyridine rings is 1. The van der Waals surface area contributed by atoms with Crippen LogP contribution in [0.2, 0.25) is 5.02 Å².